The minimum atomic E-state index is -1.37. The van der Waals surface area contributed by atoms with E-state index in [1.54, 1.807) is 13.0 Å². The molecule has 2 rings (SSSR count). The van der Waals surface area contributed by atoms with Gasteiger partial charge in [0.05, 0.1) is 34.1 Å². The standard InChI is InChI=1S/C17H17N3O5S/c1-3-25-17(22)14-13(10-7-5-6-8-12(10)20(23)24)11(9-18)16(26-4-2)19-15(14)21/h5-8,13-14H,3-4H2,1-2H3,(H,19,21). The van der Waals surface area contributed by atoms with Crippen molar-refractivity contribution in [1.29, 1.82) is 5.26 Å². The number of nitriles is 1. The second-order valence-electron chi connectivity index (χ2n) is 5.30. The summed E-state index contributed by atoms with van der Waals surface area (Å²) in [6.45, 7) is 3.49. The lowest BCUT2D eigenvalue weighted by atomic mass is 9.78. The van der Waals surface area contributed by atoms with E-state index in [-0.39, 0.29) is 23.4 Å². The summed E-state index contributed by atoms with van der Waals surface area (Å²) in [4.78, 5) is 35.8. The Kier molecular flexibility index (Phi) is 6.36. The van der Waals surface area contributed by atoms with Crippen molar-refractivity contribution in [3.05, 3.63) is 50.5 Å². The Morgan fingerprint density at radius 3 is 2.69 bits per heavy atom. The van der Waals surface area contributed by atoms with E-state index in [1.165, 1.54) is 30.0 Å². The van der Waals surface area contributed by atoms with Crippen LogP contribution in [0.15, 0.2) is 34.9 Å². The summed E-state index contributed by atoms with van der Waals surface area (Å²) in [6, 6.07) is 7.81. The molecule has 0 spiro atoms. The molecule has 0 fully saturated rings. The van der Waals surface area contributed by atoms with Crippen molar-refractivity contribution in [1.82, 2.24) is 5.32 Å². The quantitative estimate of drug-likeness (QED) is 0.351. The summed E-state index contributed by atoms with van der Waals surface area (Å²) in [5, 5.41) is 24.0. The minimum absolute atomic E-state index is 0.0500. The molecule has 0 aliphatic carbocycles. The van der Waals surface area contributed by atoms with Crippen molar-refractivity contribution < 1.29 is 19.2 Å². The Morgan fingerprint density at radius 2 is 2.12 bits per heavy atom. The average Bonchev–Trinajstić information content (AvgIpc) is 2.61. The first-order valence-electron chi connectivity index (χ1n) is 7.94. The summed E-state index contributed by atoms with van der Waals surface area (Å²) in [6.07, 6.45) is 0. The van der Waals surface area contributed by atoms with Crippen LogP contribution in [0.4, 0.5) is 5.69 Å². The first-order chi connectivity index (χ1) is 12.5. The number of rotatable bonds is 6. The van der Waals surface area contributed by atoms with Crippen LogP contribution in [0.25, 0.3) is 0 Å². The second-order valence-corrected chi connectivity index (χ2v) is 6.57. The van der Waals surface area contributed by atoms with E-state index >= 15 is 0 Å². The first-order valence-corrected chi connectivity index (χ1v) is 8.92. The van der Waals surface area contributed by atoms with Crippen molar-refractivity contribution >= 4 is 29.3 Å². The van der Waals surface area contributed by atoms with E-state index in [4.69, 9.17) is 4.74 Å². The number of hydrogen-bond acceptors (Lipinski definition) is 7. The van der Waals surface area contributed by atoms with Crippen molar-refractivity contribution in [3.8, 4) is 6.07 Å². The lowest BCUT2D eigenvalue weighted by Crippen LogP contribution is -2.44. The van der Waals surface area contributed by atoms with Crippen molar-refractivity contribution in [2.75, 3.05) is 12.4 Å². The molecule has 0 bridgehead atoms. The van der Waals surface area contributed by atoms with Crippen LogP contribution >= 0.6 is 11.8 Å². The fourth-order valence-corrected chi connectivity index (χ4v) is 3.61. The van der Waals surface area contributed by atoms with Crippen molar-refractivity contribution in [2.45, 2.75) is 19.8 Å². The topological polar surface area (TPSA) is 122 Å². The number of esters is 1. The summed E-state index contributed by atoms with van der Waals surface area (Å²) in [5.41, 5.74) is -0.00458. The van der Waals surface area contributed by atoms with Crippen LogP contribution in [0.3, 0.4) is 0 Å². The molecule has 2 atom stereocenters. The van der Waals surface area contributed by atoms with E-state index < -0.39 is 28.6 Å². The molecule has 26 heavy (non-hydrogen) atoms. The molecule has 1 heterocycles. The maximum absolute atomic E-state index is 12.6. The van der Waals surface area contributed by atoms with E-state index in [1.807, 2.05) is 13.0 Å². The molecule has 0 aromatic heterocycles. The number of thioether (sulfide) groups is 1. The highest BCUT2D eigenvalue weighted by atomic mass is 32.2. The predicted molar refractivity (Wildman–Crippen MR) is 94.9 cm³/mol. The lowest BCUT2D eigenvalue weighted by molar-refractivity contribution is -0.385. The molecule has 2 unspecified atom stereocenters. The Labute approximate surface area is 154 Å². The van der Waals surface area contributed by atoms with Gasteiger partial charge in [-0.1, -0.05) is 25.1 Å². The van der Waals surface area contributed by atoms with Gasteiger partial charge < -0.3 is 10.1 Å². The number of para-hydroxylation sites is 1. The number of amides is 1. The van der Waals surface area contributed by atoms with Crippen LogP contribution in [-0.2, 0) is 14.3 Å². The third-order valence-corrected chi connectivity index (χ3v) is 4.73. The van der Waals surface area contributed by atoms with Crippen LogP contribution in [0.1, 0.15) is 25.3 Å². The van der Waals surface area contributed by atoms with Gasteiger partial charge in [0.2, 0.25) is 5.91 Å². The number of allylic oxidation sites excluding steroid dienone is 1. The zero-order valence-corrected chi connectivity index (χ0v) is 15.0. The molecule has 1 aromatic rings. The number of ether oxygens (including phenoxy) is 1. The van der Waals surface area contributed by atoms with Gasteiger partial charge >= 0.3 is 5.97 Å². The molecule has 1 aliphatic heterocycles. The van der Waals surface area contributed by atoms with Crippen LogP contribution < -0.4 is 5.32 Å². The highest BCUT2D eigenvalue weighted by Crippen LogP contribution is 2.43. The fourth-order valence-electron chi connectivity index (χ4n) is 2.82. The molecule has 0 saturated carbocycles. The average molecular weight is 375 g/mol. The van der Waals surface area contributed by atoms with Gasteiger partial charge in [-0.25, -0.2) is 0 Å². The zero-order valence-electron chi connectivity index (χ0n) is 14.2. The number of hydrogen-bond donors (Lipinski definition) is 1. The van der Waals surface area contributed by atoms with Gasteiger partial charge in [0.1, 0.15) is 5.92 Å². The molecular weight excluding hydrogens is 358 g/mol. The van der Waals surface area contributed by atoms with Crippen LogP contribution in [0.2, 0.25) is 0 Å². The van der Waals surface area contributed by atoms with E-state index in [9.17, 15) is 25.0 Å². The van der Waals surface area contributed by atoms with E-state index in [0.717, 1.165) is 0 Å². The van der Waals surface area contributed by atoms with Gasteiger partial charge in [0.15, 0.2) is 0 Å². The number of nitro benzene ring substituents is 1. The Balaban J connectivity index is 2.72. The monoisotopic (exact) mass is 375 g/mol. The fraction of sp³-hybridized carbons (Fsp3) is 0.353. The third-order valence-electron chi connectivity index (χ3n) is 3.83. The Bertz CT molecular complexity index is 815. The predicted octanol–water partition coefficient (Wildman–Crippen LogP) is 2.48. The minimum Gasteiger partial charge on any atom is -0.465 e. The molecule has 1 N–H and O–H groups in total. The number of carbonyl (C=O) groups excluding carboxylic acids is 2. The third kappa shape index (κ3) is 3.70. The van der Waals surface area contributed by atoms with Gasteiger partial charge in [0, 0.05) is 11.6 Å². The first kappa shape index (κ1) is 19.5. The maximum Gasteiger partial charge on any atom is 0.319 e. The molecular formula is C17H17N3O5S. The molecule has 8 nitrogen and oxygen atoms in total. The normalized spacial score (nSPS) is 19.5. The second kappa shape index (κ2) is 8.49. The Hall–Kier alpha value is -2.86. The van der Waals surface area contributed by atoms with Gasteiger partial charge in [-0.15, -0.1) is 11.8 Å². The number of carbonyl (C=O) groups is 2. The van der Waals surface area contributed by atoms with Gasteiger partial charge in [-0.3, -0.25) is 19.7 Å². The number of nitro groups is 1. The molecule has 9 heteroatoms. The van der Waals surface area contributed by atoms with E-state index in [2.05, 4.69) is 5.32 Å². The van der Waals surface area contributed by atoms with Crippen LogP contribution in [-0.4, -0.2) is 29.2 Å². The van der Waals surface area contributed by atoms with Crippen LogP contribution in [0, 0.1) is 27.4 Å². The maximum atomic E-state index is 12.6. The highest BCUT2D eigenvalue weighted by Gasteiger charge is 2.46. The SMILES string of the molecule is CCOC(=O)C1C(=O)NC(SCC)=C(C#N)C1c1ccccc1[N+](=O)[O-]. The molecule has 0 radical (unpaired) electrons. The van der Waals surface area contributed by atoms with Gasteiger partial charge in [0.25, 0.3) is 5.69 Å². The summed E-state index contributed by atoms with van der Waals surface area (Å²) < 4.78 is 4.98. The molecule has 136 valence electrons. The molecule has 1 aliphatic rings. The summed E-state index contributed by atoms with van der Waals surface area (Å²) in [7, 11) is 0. The summed E-state index contributed by atoms with van der Waals surface area (Å²) >= 11 is 1.23. The zero-order chi connectivity index (χ0) is 19.3. The largest absolute Gasteiger partial charge is 0.465 e. The molecule has 0 saturated heterocycles. The van der Waals surface area contributed by atoms with Gasteiger partial charge in [-0.2, -0.15) is 5.26 Å². The molecule has 1 amide bonds. The van der Waals surface area contributed by atoms with Crippen molar-refractivity contribution in [2.24, 2.45) is 5.92 Å². The number of nitrogens with one attached hydrogen (secondary N) is 1. The Morgan fingerprint density at radius 1 is 1.42 bits per heavy atom. The smallest absolute Gasteiger partial charge is 0.319 e. The van der Waals surface area contributed by atoms with Crippen LogP contribution in [0.5, 0.6) is 0 Å². The van der Waals surface area contributed by atoms with Gasteiger partial charge in [-0.05, 0) is 12.7 Å². The number of nitrogens with zero attached hydrogens (tertiary/aromatic N) is 2. The van der Waals surface area contributed by atoms with E-state index in [0.29, 0.717) is 10.8 Å². The lowest BCUT2D eigenvalue weighted by Gasteiger charge is -2.30. The summed E-state index contributed by atoms with van der Waals surface area (Å²) in [5.74, 6) is -3.33. The highest BCUT2D eigenvalue weighted by molar-refractivity contribution is 8.03. The number of benzene rings is 1. The van der Waals surface area contributed by atoms with Crippen molar-refractivity contribution in [3.63, 3.8) is 0 Å². The molecule has 1 aromatic carbocycles.